The van der Waals surface area contributed by atoms with E-state index in [1.165, 1.54) is 0 Å². The van der Waals surface area contributed by atoms with Crippen LogP contribution in [0, 0.1) is 5.92 Å². The second-order valence-corrected chi connectivity index (χ2v) is 5.35. The summed E-state index contributed by atoms with van der Waals surface area (Å²) in [5.74, 6) is 0.354. The first-order valence-electron chi connectivity index (χ1n) is 6.41. The van der Waals surface area contributed by atoms with Crippen LogP contribution in [0.2, 0.25) is 10.0 Å². The third-order valence-electron chi connectivity index (χ3n) is 3.27. The molecule has 2 N–H and O–H groups in total. The van der Waals surface area contributed by atoms with Crippen molar-refractivity contribution in [3.05, 3.63) is 33.8 Å². The number of nitrogens with one attached hydrogen (secondary N) is 1. The Morgan fingerprint density at radius 2 is 1.89 bits per heavy atom. The van der Waals surface area contributed by atoms with E-state index in [0.717, 1.165) is 18.4 Å². The largest absolute Gasteiger partial charge is 0.392 e. The summed E-state index contributed by atoms with van der Waals surface area (Å²) >= 11 is 12.0. The molecule has 1 rings (SSSR count). The zero-order valence-corrected chi connectivity index (χ0v) is 12.4. The summed E-state index contributed by atoms with van der Waals surface area (Å²) in [7, 11) is 0. The molecule has 0 spiro atoms. The summed E-state index contributed by atoms with van der Waals surface area (Å²) in [6, 6.07) is 5.41. The van der Waals surface area contributed by atoms with Crippen molar-refractivity contribution in [2.24, 2.45) is 5.92 Å². The summed E-state index contributed by atoms with van der Waals surface area (Å²) in [6.07, 6.45) is 1.69. The van der Waals surface area contributed by atoms with Crippen LogP contribution in [0.15, 0.2) is 18.2 Å². The lowest BCUT2D eigenvalue weighted by molar-refractivity contribution is 0.101. The highest BCUT2D eigenvalue weighted by molar-refractivity contribution is 6.33. The second-order valence-electron chi connectivity index (χ2n) is 4.51. The van der Waals surface area contributed by atoms with Gasteiger partial charge in [0.1, 0.15) is 0 Å². The molecule has 0 aliphatic carbocycles. The maximum atomic E-state index is 9.99. The molecular weight excluding hydrogens is 269 g/mol. The smallest absolute Gasteiger partial charge is 0.0692 e. The molecular formula is C14H21Cl2NO. The average Bonchev–Trinajstić information content (AvgIpc) is 2.35. The fraction of sp³-hybridized carbons (Fsp3) is 0.571. The summed E-state index contributed by atoms with van der Waals surface area (Å²) < 4.78 is 0. The van der Waals surface area contributed by atoms with E-state index in [1.807, 2.05) is 6.07 Å². The Balaban J connectivity index is 2.44. The zero-order valence-electron chi connectivity index (χ0n) is 10.9. The number of hydrogen-bond acceptors (Lipinski definition) is 2. The van der Waals surface area contributed by atoms with Gasteiger partial charge in [-0.3, -0.25) is 0 Å². The standard InChI is InChI=1S/C14H21Cl2NO/c1-3-10(4-2)14(18)9-17-8-11-7-12(15)5-6-13(11)16/h5-7,10,14,17-18H,3-4,8-9H2,1-2H3. The van der Waals surface area contributed by atoms with Gasteiger partial charge in [0.25, 0.3) is 0 Å². The summed E-state index contributed by atoms with van der Waals surface area (Å²) in [4.78, 5) is 0. The molecule has 0 fully saturated rings. The normalized spacial score (nSPS) is 13.0. The molecule has 18 heavy (non-hydrogen) atoms. The number of hydrogen-bond donors (Lipinski definition) is 2. The minimum atomic E-state index is -0.307. The third kappa shape index (κ3) is 4.77. The molecule has 4 heteroatoms. The summed E-state index contributed by atoms with van der Waals surface area (Å²) in [5.41, 5.74) is 0.959. The number of halogens is 2. The van der Waals surface area contributed by atoms with E-state index >= 15 is 0 Å². The lowest BCUT2D eigenvalue weighted by atomic mass is 9.96. The first-order valence-corrected chi connectivity index (χ1v) is 7.16. The summed E-state index contributed by atoms with van der Waals surface area (Å²) in [5, 5.41) is 14.6. The van der Waals surface area contributed by atoms with Gasteiger partial charge in [0.15, 0.2) is 0 Å². The van der Waals surface area contributed by atoms with Crippen LogP contribution >= 0.6 is 23.2 Å². The van der Waals surface area contributed by atoms with Crippen LogP contribution in [-0.4, -0.2) is 17.8 Å². The molecule has 0 saturated carbocycles. The van der Waals surface area contributed by atoms with Gasteiger partial charge >= 0.3 is 0 Å². The van der Waals surface area contributed by atoms with Gasteiger partial charge in [0, 0.05) is 23.1 Å². The molecule has 102 valence electrons. The minimum Gasteiger partial charge on any atom is -0.392 e. The van der Waals surface area contributed by atoms with Crippen LogP contribution in [-0.2, 0) is 6.54 Å². The topological polar surface area (TPSA) is 32.3 Å². The van der Waals surface area contributed by atoms with E-state index in [0.29, 0.717) is 29.1 Å². The lowest BCUT2D eigenvalue weighted by Gasteiger charge is -2.20. The van der Waals surface area contributed by atoms with Crippen molar-refractivity contribution in [2.45, 2.75) is 39.3 Å². The molecule has 1 aromatic carbocycles. The van der Waals surface area contributed by atoms with Gasteiger partial charge in [-0.1, -0.05) is 49.9 Å². The minimum absolute atomic E-state index is 0.307. The fourth-order valence-electron chi connectivity index (χ4n) is 2.03. The van der Waals surface area contributed by atoms with E-state index < -0.39 is 0 Å². The molecule has 0 aromatic heterocycles. The van der Waals surface area contributed by atoms with Crippen molar-refractivity contribution >= 4 is 23.2 Å². The predicted molar refractivity (Wildman–Crippen MR) is 78.2 cm³/mol. The Hall–Kier alpha value is -0.280. The lowest BCUT2D eigenvalue weighted by Crippen LogP contribution is -2.32. The highest BCUT2D eigenvalue weighted by atomic mass is 35.5. The van der Waals surface area contributed by atoms with Crippen LogP contribution in [0.1, 0.15) is 32.3 Å². The van der Waals surface area contributed by atoms with Crippen LogP contribution in [0.25, 0.3) is 0 Å². The quantitative estimate of drug-likeness (QED) is 0.798. The van der Waals surface area contributed by atoms with E-state index in [-0.39, 0.29) is 6.10 Å². The van der Waals surface area contributed by atoms with E-state index in [2.05, 4.69) is 19.2 Å². The Kier molecular flexibility index (Phi) is 7.02. The predicted octanol–water partition coefficient (Wildman–Crippen LogP) is 3.88. The van der Waals surface area contributed by atoms with Gasteiger partial charge in [0.05, 0.1) is 6.10 Å². The Morgan fingerprint density at radius 1 is 1.22 bits per heavy atom. The van der Waals surface area contributed by atoms with Crippen LogP contribution in [0.5, 0.6) is 0 Å². The van der Waals surface area contributed by atoms with Crippen LogP contribution < -0.4 is 5.32 Å². The third-order valence-corrected chi connectivity index (χ3v) is 3.87. The molecule has 1 aromatic rings. The molecule has 0 aliphatic heterocycles. The monoisotopic (exact) mass is 289 g/mol. The Morgan fingerprint density at radius 3 is 2.50 bits per heavy atom. The fourth-order valence-corrected chi connectivity index (χ4v) is 2.41. The first-order chi connectivity index (χ1) is 8.58. The van der Waals surface area contributed by atoms with E-state index in [1.54, 1.807) is 12.1 Å². The van der Waals surface area contributed by atoms with Gasteiger partial charge in [-0.25, -0.2) is 0 Å². The van der Waals surface area contributed by atoms with Gasteiger partial charge < -0.3 is 10.4 Å². The zero-order chi connectivity index (χ0) is 13.5. The molecule has 0 aliphatic rings. The Bertz CT molecular complexity index is 367. The number of aliphatic hydroxyl groups is 1. The van der Waals surface area contributed by atoms with Crippen molar-refractivity contribution in [2.75, 3.05) is 6.54 Å². The number of benzene rings is 1. The molecule has 1 unspecified atom stereocenters. The first kappa shape index (κ1) is 15.8. The van der Waals surface area contributed by atoms with Crippen LogP contribution in [0.3, 0.4) is 0 Å². The van der Waals surface area contributed by atoms with E-state index in [4.69, 9.17) is 23.2 Å². The highest BCUT2D eigenvalue weighted by Crippen LogP contribution is 2.20. The van der Waals surface area contributed by atoms with Gasteiger partial charge in [-0.05, 0) is 29.7 Å². The van der Waals surface area contributed by atoms with Gasteiger partial charge in [-0.15, -0.1) is 0 Å². The van der Waals surface area contributed by atoms with Crippen molar-refractivity contribution in [1.82, 2.24) is 5.32 Å². The molecule has 2 nitrogen and oxygen atoms in total. The average molecular weight is 290 g/mol. The number of aliphatic hydroxyl groups excluding tert-OH is 1. The molecule has 0 radical (unpaired) electrons. The maximum absolute atomic E-state index is 9.99. The number of rotatable bonds is 7. The SMILES string of the molecule is CCC(CC)C(O)CNCc1cc(Cl)ccc1Cl. The van der Waals surface area contributed by atoms with Crippen molar-refractivity contribution in [1.29, 1.82) is 0 Å². The van der Waals surface area contributed by atoms with Crippen LogP contribution in [0.4, 0.5) is 0 Å². The molecule has 0 saturated heterocycles. The van der Waals surface area contributed by atoms with Crippen molar-refractivity contribution in [3.63, 3.8) is 0 Å². The molecule has 1 atom stereocenters. The van der Waals surface area contributed by atoms with Gasteiger partial charge in [0.2, 0.25) is 0 Å². The second kappa shape index (κ2) is 8.00. The highest BCUT2D eigenvalue weighted by Gasteiger charge is 2.14. The Labute approximate surface area is 119 Å². The van der Waals surface area contributed by atoms with E-state index in [9.17, 15) is 5.11 Å². The van der Waals surface area contributed by atoms with Gasteiger partial charge in [-0.2, -0.15) is 0 Å². The molecule has 0 amide bonds. The molecule has 0 heterocycles. The summed E-state index contributed by atoms with van der Waals surface area (Å²) in [6.45, 7) is 5.40. The molecule has 0 bridgehead atoms. The maximum Gasteiger partial charge on any atom is 0.0692 e. The van der Waals surface area contributed by atoms with Crippen molar-refractivity contribution < 1.29 is 5.11 Å². The van der Waals surface area contributed by atoms with Crippen molar-refractivity contribution in [3.8, 4) is 0 Å².